The molecule has 4 nitrogen and oxygen atoms in total. The molecule has 18 heavy (non-hydrogen) atoms. The number of ether oxygens (including phenoxy) is 1. The number of esters is 1. The van der Waals surface area contributed by atoms with Crippen molar-refractivity contribution < 1.29 is 22.7 Å². The molecule has 0 saturated carbocycles. The van der Waals surface area contributed by atoms with Gasteiger partial charge in [-0.2, -0.15) is 0 Å². The van der Waals surface area contributed by atoms with Crippen LogP contribution >= 0.6 is 0 Å². The Morgan fingerprint density at radius 2 is 1.94 bits per heavy atom. The molecule has 1 N–H and O–H groups in total. The van der Waals surface area contributed by atoms with Crippen molar-refractivity contribution in [3.05, 3.63) is 45.5 Å². The van der Waals surface area contributed by atoms with Crippen molar-refractivity contribution in [3.63, 3.8) is 0 Å². The van der Waals surface area contributed by atoms with E-state index < -0.39 is 39.8 Å². The Kier molecular flexibility index (Phi) is 2.82. The second-order valence-corrected chi connectivity index (χ2v) is 3.43. The van der Waals surface area contributed by atoms with Gasteiger partial charge in [-0.15, -0.1) is 0 Å². The van der Waals surface area contributed by atoms with E-state index in [4.69, 9.17) is 0 Å². The van der Waals surface area contributed by atoms with Crippen molar-refractivity contribution in [1.82, 2.24) is 4.98 Å². The molecule has 1 aromatic heterocycles. The standard InChI is InChI=1S/C11H6F3NO3/c1-18-11(17)4-3-15-6-2-5(12)8(13)9(14)7(6)10(4)16/h2-3H,1H3,(H,15,16). The van der Waals surface area contributed by atoms with Crippen LogP contribution in [0.15, 0.2) is 17.1 Å². The fraction of sp³-hybridized carbons (Fsp3) is 0.0909. The highest BCUT2D eigenvalue weighted by Gasteiger charge is 2.20. The molecule has 1 heterocycles. The Balaban J connectivity index is 2.91. The molecule has 0 saturated heterocycles. The number of fused-ring (bicyclic) bond motifs is 1. The van der Waals surface area contributed by atoms with Gasteiger partial charge < -0.3 is 9.72 Å². The summed E-state index contributed by atoms with van der Waals surface area (Å²) in [6.45, 7) is 0. The van der Waals surface area contributed by atoms with Crippen LogP contribution in [-0.4, -0.2) is 18.1 Å². The predicted molar refractivity (Wildman–Crippen MR) is 55.8 cm³/mol. The Bertz CT molecular complexity index is 709. The first-order valence-electron chi connectivity index (χ1n) is 4.74. The van der Waals surface area contributed by atoms with Crippen LogP contribution in [0.1, 0.15) is 10.4 Å². The second-order valence-electron chi connectivity index (χ2n) is 3.43. The van der Waals surface area contributed by atoms with Gasteiger partial charge in [0.15, 0.2) is 17.5 Å². The van der Waals surface area contributed by atoms with Crippen LogP contribution in [-0.2, 0) is 4.74 Å². The number of carbonyl (C=O) groups excluding carboxylic acids is 1. The largest absolute Gasteiger partial charge is 0.465 e. The molecule has 0 fully saturated rings. The SMILES string of the molecule is COC(=O)c1c[nH]c2cc(F)c(F)c(F)c2c1=O. The molecular formula is C11H6F3NO3. The number of carbonyl (C=O) groups is 1. The Labute approximate surface area is 98.0 Å². The number of pyridine rings is 1. The maximum atomic E-state index is 13.5. The highest BCUT2D eigenvalue weighted by atomic mass is 19.2. The number of aromatic amines is 1. The minimum Gasteiger partial charge on any atom is -0.465 e. The number of methoxy groups -OCH3 is 1. The molecule has 0 atom stereocenters. The minimum atomic E-state index is -1.77. The van der Waals surface area contributed by atoms with E-state index in [1.165, 1.54) is 0 Å². The number of aromatic nitrogens is 1. The normalized spacial score (nSPS) is 10.7. The van der Waals surface area contributed by atoms with Gasteiger partial charge >= 0.3 is 5.97 Å². The summed E-state index contributed by atoms with van der Waals surface area (Å²) in [6, 6.07) is 0.635. The van der Waals surface area contributed by atoms with E-state index in [9.17, 15) is 22.8 Å². The average Bonchev–Trinajstić information content (AvgIpc) is 2.35. The van der Waals surface area contributed by atoms with E-state index in [-0.39, 0.29) is 5.52 Å². The molecule has 0 bridgehead atoms. The first kappa shape index (κ1) is 12.2. The number of nitrogens with one attached hydrogen (secondary N) is 1. The number of benzene rings is 1. The number of rotatable bonds is 1. The van der Waals surface area contributed by atoms with Gasteiger partial charge in [0.25, 0.3) is 0 Å². The fourth-order valence-corrected chi connectivity index (χ4v) is 1.54. The molecule has 1 aromatic carbocycles. The molecule has 2 rings (SSSR count). The van der Waals surface area contributed by atoms with E-state index in [2.05, 4.69) is 9.72 Å². The summed E-state index contributed by atoms with van der Waals surface area (Å²) in [4.78, 5) is 25.3. The molecular weight excluding hydrogens is 251 g/mol. The Morgan fingerprint density at radius 3 is 2.56 bits per heavy atom. The Hall–Kier alpha value is -2.31. The monoisotopic (exact) mass is 257 g/mol. The third-order valence-corrected chi connectivity index (χ3v) is 2.41. The second kappa shape index (κ2) is 4.17. The maximum absolute atomic E-state index is 13.5. The van der Waals surface area contributed by atoms with Gasteiger partial charge in [-0.05, 0) is 0 Å². The molecule has 7 heteroatoms. The van der Waals surface area contributed by atoms with Crippen molar-refractivity contribution >= 4 is 16.9 Å². The van der Waals surface area contributed by atoms with Gasteiger partial charge in [-0.1, -0.05) is 0 Å². The van der Waals surface area contributed by atoms with Crippen LogP contribution in [0.2, 0.25) is 0 Å². The molecule has 0 spiro atoms. The molecule has 94 valence electrons. The zero-order valence-electron chi connectivity index (χ0n) is 9.01. The lowest BCUT2D eigenvalue weighted by atomic mass is 10.1. The lowest BCUT2D eigenvalue weighted by molar-refractivity contribution is 0.0599. The average molecular weight is 257 g/mol. The smallest absolute Gasteiger partial charge is 0.343 e. The highest BCUT2D eigenvalue weighted by Crippen LogP contribution is 2.19. The van der Waals surface area contributed by atoms with Crippen molar-refractivity contribution in [2.24, 2.45) is 0 Å². The van der Waals surface area contributed by atoms with Crippen LogP contribution in [0.25, 0.3) is 10.9 Å². The predicted octanol–water partition coefficient (Wildman–Crippen LogP) is 1.73. The van der Waals surface area contributed by atoms with Crippen molar-refractivity contribution in [1.29, 1.82) is 0 Å². The molecule has 0 amide bonds. The van der Waals surface area contributed by atoms with E-state index in [1.807, 2.05) is 0 Å². The van der Waals surface area contributed by atoms with Crippen molar-refractivity contribution in [2.45, 2.75) is 0 Å². The first-order chi connectivity index (χ1) is 8.47. The first-order valence-corrected chi connectivity index (χ1v) is 4.74. The lowest BCUT2D eigenvalue weighted by Gasteiger charge is -2.04. The molecule has 0 aliphatic heterocycles. The zero-order chi connectivity index (χ0) is 13.4. The quantitative estimate of drug-likeness (QED) is 0.625. The van der Waals surface area contributed by atoms with Crippen LogP contribution in [0.3, 0.4) is 0 Å². The third-order valence-electron chi connectivity index (χ3n) is 2.41. The Morgan fingerprint density at radius 1 is 1.28 bits per heavy atom. The van der Waals surface area contributed by atoms with E-state index in [1.54, 1.807) is 0 Å². The van der Waals surface area contributed by atoms with Gasteiger partial charge in [0.05, 0.1) is 18.0 Å². The molecule has 2 aromatic rings. The lowest BCUT2D eigenvalue weighted by Crippen LogP contribution is -2.18. The van der Waals surface area contributed by atoms with Crippen LogP contribution in [0.4, 0.5) is 13.2 Å². The van der Waals surface area contributed by atoms with Gasteiger partial charge in [0.2, 0.25) is 5.43 Å². The van der Waals surface area contributed by atoms with Crippen LogP contribution in [0.5, 0.6) is 0 Å². The van der Waals surface area contributed by atoms with E-state index in [0.29, 0.717) is 6.07 Å². The van der Waals surface area contributed by atoms with Crippen LogP contribution in [0, 0.1) is 17.5 Å². The van der Waals surface area contributed by atoms with Crippen molar-refractivity contribution in [2.75, 3.05) is 7.11 Å². The van der Waals surface area contributed by atoms with Gasteiger partial charge in [-0.25, -0.2) is 18.0 Å². The summed E-state index contributed by atoms with van der Waals surface area (Å²) in [5.74, 6) is -5.84. The molecule has 0 radical (unpaired) electrons. The summed E-state index contributed by atoms with van der Waals surface area (Å²) >= 11 is 0. The molecule has 0 aliphatic carbocycles. The highest BCUT2D eigenvalue weighted by molar-refractivity contribution is 5.93. The summed E-state index contributed by atoms with van der Waals surface area (Å²) < 4.78 is 43.8. The van der Waals surface area contributed by atoms with Crippen LogP contribution < -0.4 is 5.43 Å². The number of hydrogen-bond acceptors (Lipinski definition) is 3. The number of H-pyrrole nitrogens is 1. The van der Waals surface area contributed by atoms with Gasteiger partial charge in [0, 0.05) is 12.3 Å². The molecule has 0 aliphatic rings. The van der Waals surface area contributed by atoms with Gasteiger partial charge in [0.1, 0.15) is 5.56 Å². The molecule has 0 unspecified atom stereocenters. The topological polar surface area (TPSA) is 59.2 Å². The minimum absolute atomic E-state index is 0.246. The summed E-state index contributed by atoms with van der Waals surface area (Å²) in [7, 11) is 1.04. The van der Waals surface area contributed by atoms with Crippen molar-refractivity contribution in [3.8, 4) is 0 Å². The summed E-state index contributed by atoms with van der Waals surface area (Å²) in [5, 5.41) is -0.725. The number of halogens is 3. The summed E-state index contributed by atoms with van der Waals surface area (Å²) in [6.07, 6.45) is 0.952. The van der Waals surface area contributed by atoms with E-state index >= 15 is 0 Å². The van der Waals surface area contributed by atoms with E-state index in [0.717, 1.165) is 13.3 Å². The maximum Gasteiger partial charge on any atom is 0.343 e. The fourth-order valence-electron chi connectivity index (χ4n) is 1.54. The zero-order valence-corrected chi connectivity index (χ0v) is 9.01. The summed E-state index contributed by atoms with van der Waals surface area (Å²) in [5.41, 5.74) is -1.80. The van der Waals surface area contributed by atoms with Gasteiger partial charge in [-0.3, -0.25) is 4.79 Å². The third kappa shape index (κ3) is 1.64. The number of hydrogen-bond donors (Lipinski definition) is 1.